The zero-order valence-electron chi connectivity index (χ0n) is 10.1. The van der Waals surface area contributed by atoms with Crippen molar-refractivity contribution in [2.75, 3.05) is 0 Å². The molecule has 0 spiro atoms. The second kappa shape index (κ2) is 4.75. The normalized spacial score (nSPS) is 11.5. The summed E-state index contributed by atoms with van der Waals surface area (Å²) in [5, 5.41) is 0. The number of benzene rings is 2. The predicted molar refractivity (Wildman–Crippen MR) is 74.4 cm³/mol. The van der Waals surface area contributed by atoms with E-state index in [0.717, 1.165) is 22.3 Å². The fourth-order valence-corrected chi connectivity index (χ4v) is 2.66. The Bertz CT molecular complexity index is 691. The van der Waals surface area contributed by atoms with Crippen LogP contribution in [0, 0.1) is 13.8 Å². The second-order valence-electron chi connectivity index (χ2n) is 4.28. The fraction of sp³-hybridized carbons (Fsp3) is 0.143. The molecule has 18 heavy (non-hydrogen) atoms. The van der Waals surface area contributed by atoms with Gasteiger partial charge in [-0.2, -0.15) is 0 Å². The van der Waals surface area contributed by atoms with Gasteiger partial charge in [0.05, 0.1) is 4.90 Å². The Morgan fingerprint density at radius 3 is 2.39 bits per heavy atom. The van der Waals surface area contributed by atoms with Gasteiger partial charge in [-0.05, 0) is 42.7 Å². The topological polar surface area (TPSA) is 34.1 Å². The van der Waals surface area contributed by atoms with Gasteiger partial charge in [0, 0.05) is 10.7 Å². The Kier molecular flexibility index (Phi) is 3.46. The molecule has 0 aliphatic rings. The van der Waals surface area contributed by atoms with Gasteiger partial charge in [0.15, 0.2) is 0 Å². The van der Waals surface area contributed by atoms with Crippen molar-refractivity contribution in [1.29, 1.82) is 0 Å². The summed E-state index contributed by atoms with van der Waals surface area (Å²) in [7, 11) is 1.68. The van der Waals surface area contributed by atoms with Crippen LogP contribution in [0.2, 0.25) is 0 Å². The maximum absolute atomic E-state index is 11.3. The quantitative estimate of drug-likeness (QED) is 0.782. The number of aryl methyl sites for hydroxylation is 2. The molecule has 2 nitrogen and oxygen atoms in total. The highest BCUT2D eigenvalue weighted by molar-refractivity contribution is 8.13. The molecule has 0 saturated carbocycles. The van der Waals surface area contributed by atoms with Crippen molar-refractivity contribution >= 4 is 19.7 Å². The van der Waals surface area contributed by atoms with Crippen molar-refractivity contribution in [3.63, 3.8) is 0 Å². The summed E-state index contributed by atoms with van der Waals surface area (Å²) in [6.45, 7) is 4.00. The number of halogens is 1. The van der Waals surface area contributed by atoms with Gasteiger partial charge >= 0.3 is 0 Å². The van der Waals surface area contributed by atoms with E-state index in [4.69, 9.17) is 10.7 Å². The van der Waals surface area contributed by atoms with Crippen molar-refractivity contribution in [2.45, 2.75) is 18.7 Å². The van der Waals surface area contributed by atoms with Crippen LogP contribution in [0.4, 0.5) is 0 Å². The van der Waals surface area contributed by atoms with Crippen molar-refractivity contribution < 1.29 is 8.42 Å². The lowest BCUT2D eigenvalue weighted by Gasteiger charge is -2.08. The first-order valence-electron chi connectivity index (χ1n) is 5.50. The molecule has 0 atom stereocenters. The molecule has 94 valence electrons. The SMILES string of the molecule is Cc1ccc(C)c(-c2cccc(S(=O)(=O)Cl)c2)c1. The van der Waals surface area contributed by atoms with Crippen molar-refractivity contribution in [1.82, 2.24) is 0 Å². The molecule has 2 rings (SSSR count). The van der Waals surface area contributed by atoms with Crippen molar-refractivity contribution in [3.8, 4) is 11.1 Å². The second-order valence-corrected chi connectivity index (χ2v) is 6.85. The van der Waals surface area contributed by atoms with Crippen LogP contribution in [0.3, 0.4) is 0 Å². The monoisotopic (exact) mass is 280 g/mol. The average Bonchev–Trinajstić information content (AvgIpc) is 2.31. The first kappa shape index (κ1) is 13.1. The molecule has 2 aromatic carbocycles. The molecule has 0 radical (unpaired) electrons. The van der Waals surface area contributed by atoms with E-state index in [-0.39, 0.29) is 4.90 Å². The Morgan fingerprint density at radius 1 is 1.00 bits per heavy atom. The number of hydrogen-bond acceptors (Lipinski definition) is 2. The van der Waals surface area contributed by atoms with Crippen LogP contribution in [0.1, 0.15) is 11.1 Å². The van der Waals surface area contributed by atoms with Crippen LogP contribution in [-0.4, -0.2) is 8.42 Å². The highest BCUT2D eigenvalue weighted by atomic mass is 35.7. The molecule has 0 saturated heterocycles. The molecule has 2 aromatic rings. The summed E-state index contributed by atoms with van der Waals surface area (Å²) < 4.78 is 22.7. The van der Waals surface area contributed by atoms with Gasteiger partial charge in [-0.3, -0.25) is 0 Å². The van der Waals surface area contributed by atoms with E-state index in [9.17, 15) is 8.42 Å². The zero-order valence-corrected chi connectivity index (χ0v) is 11.7. The number of hydrogen-bond donors (Lipinski definition) is 0. The van der Waals surface area contributed by atoms with Gasteiger partial charge < -0.3 is 0 Å². The summed E-state index contributed by atoms with van der Waals surface area (Å²) >= 11 is 0. The van der Waals surface area contributed by atoms with E-state index >= 15 is 0 Å². The average molecular weight is 281 g/mol. The van der Waals surface area contributed by atoms with E-state index in [2.05, 4.69) is 0 Å². The Morgan fingerprint density at radius 2 is 1.72 bits per heavy atom. The van der Waals surface area contributed by atoms with Crippen molar-refractivity contribution in [2.24, 2.45) is 0 Å². The minimum atomic E-state index is -3.68. The minimum Gasteiger partial charge on any atom is -0.207 e. The van der Waals surface area contributed by atoms with Gasteiger partial charge in [0.1, 0.15) is 0 Å². The van der Waals surface area contributed by atoms with Crippen LogP contribution in [0.15, 0.2) is 47.4 Å². The van der Waals surface area contributed by atoms with E-state index in [1.54, 1.807) is 12.1 Å². The van der Waals surface area contributed by atoms with Gasteiger partial charge in [-0.25, -0.2) is 8.42 Å². The van der Waals surface area contributed by atoms with E-state index < -0.39 is 9.05 Å². The molecule has 0 N–H and O–H groups in total. The largest absolute Gasteiger partial charge is 0.261 e. The summed E-state index contributed by atoms with van der Waals surface area (Å²) in [6.07, 6.45) is 0. The van der Waals surface area contributed by atoms with Gasteiger partial charge in [-0.15, -0.1) is 0 Å². The van der Waals surface area contributed by atoms with Gasteiger partial charge in [-0.1, -0.05) is 35.9 Å². The molecule has 0 heterocycles. The molecule has 0 aromatic heterocycles. The van der Waals surface area contributed by atoms with Crippen LogP contribution < -0.4 is 0 Å². The summed E-state index contributed by atoms with van der Waals surface area (Å²) in [6, 6.07) is 12.8. The van der Waals surface area contributed by atoms with Crippen LogP contribution in [0.5, 0.6) is 0 Å². The van der Waals surface area contributed by atoms with E-state index in [1.165, 1.54) is 6.07 Å². The lowest BCUT2D eigenvalue weighted by atomic mass is 9.99. The van der Waals surface area contributed by atoms with E-state index in [1.807, 2.05) is 38.1 Å². The molecule has 0 fully saturated rings. The van der Waals surface area contributed by atoms with Crippen LogP contribution in [-0.2, 0) is 9.05 Å². The summed E-state index contributed by atoms with van der Waals surface area (Å²) in [5.74, 6) is 0. The standard InChI is InChI=1S/C14H13ClO2S/c1-10-6-7-11(2)14(8-10)12-4-3-5-13(9-12)18(15,16)17/h3-9H,1-2H3. The Hall–Kier alpha value is -1.32. The number of rotatable bonds is 2. The minimum absolute atomic E-state index is 0.127. The smallest absolute Gasteiger partial charge is 0.207 e. The maximum Gasteiger partial charge on any atom is 0.261 e. The third-order valence-electron chi connectivity index (χ3n) is 2.82. The van der Waals surface area contributed by atoms with Crippen molar-refractivity contribution in [3.05, 3.63) is 53.6 Å². The molecule has 0 aliphatic carbocycles. The molecule has 0 aliphatic heterocycles. The lowest BCUT2D eigenvalue weighted by molar-refractivity contribution is 0.609. The summed E-state index contributed by atoms with van der Waals surface area (Å²) in [4.78, 5) is 0.127. The lowest BCUT2D eigenvalue weighted by Crippen LogP contribution is -1.92. The van der Waals surface area contributed by atoms with Gasteiger partial charge in [0.2, 0.25) is 0 Å². The highest BCUT2D eigenvalue weighted by Gasteiger charge is 2.11. The fourth-order valence-electron chi connectivity index (χ4n) is 1.86. The Labute approximate surface area is 112 Å². The molecule has 0 unspecified atom stereocenters. The third kappa shape index (κ3) is 2.74. The molecule has 0 bridgehead atoms. The van der Waals surface area contributed by atoms with Crippen LogP contribution >= 0.6 is 10.7 Å². The first-order chi connectivity index (χ1) is 8.38. The Balaban J connectivity index is 2.62. The summed E-state index contributed by atoms with van der Waals surface area (Å²) in [5.41, 5.74) is 4.12. The predicted octanol–water partition coefficient (Wildman–Crippen LogP) is 3.90. The first-order valence-corrected chi connectivity index (χ1v) is 7.81. The molecular weight excluding hydrogens is 268 g/mol. The van der Waals surface area contributed by atoms with Gasteiger partial charge in [0.25, 0.3) is 9.05 Å². The third-order valence-corrected chi connectivity index (χ3v) is 4.17. The molecule has 0 amide bonds. The molecule has 4 heteroatoms. The maximum atomic E-state index is 11.3. The van der Waals surface area contributed by atoms with E-state index in [0.29, 0.717) is 0 Å². The highest BCUT2D eigenvalue weighted by Crippen LogP contribution is 2.27. The zero-order chi connectivity index (χ0) is 13.3. The van der Waals surface area contributed by atoms with Crippen LogP contribution in [0.25, 0.3) is 11.1 Å². The molecular formula is C14H13ClO2S.